The number of ether oxygens (including phenoxy) is 1. The van der Waals surface area contributed by atoms with E-state index in [1.54, 1.807) is 12.1 Å². The maximum atomic E-state index is 12.5. The first-order valence-electron chi connectivity index (χ1n) is 9.22. The van der Waals surface area contributed by atoms with Crippen molar-refractivity contribution in [1.82, 2.24) is 4.72 Å². The van der Waals surface area contributed by atoms with Crippen LogP contribution in [0, 0.1) is 0 Å². The Labute approximate surface area is 155 Å². The van der Waals surface area contributed by atoms with Crippen molar-refractivity contribution < 1.29 is 17.9 Å². The van der Waals surface area contributed by atoms with Crippen LogP contribution in [0.1, 0.15) is 45.4 Å². The smallest absolute Gasteiger partial charge is 0.253 e. The van der Waals surface area contributed by atoms with E-state index in [-0.39, 0.29) is 30.0 Å². The molecule has 1 aliphatic carbocycles. The standard InChI is InChI=1S/C18H29N3O4S/c1-2-17(25-15-8-4-3-5-9-15)18(22)21-14-7-6-10-16(13-14)26(23,24)20-12-11-19/h6-7,10,13,15,17,20H,2-5,8-9,11-12,19H2,1H3,(H,21,22). The summed E-state index contributed by atoms with van der Waals surface area (Å²) in [6, 6.07) is 6.16. The lowest BCUT2D eigenvalue weighted by Gasteiger charge is -2.26. The molecular weight excluding hydrogens is 354 g/mol. The van der Waals surface area contributed by atoms with Crippen LogP contribution in [0.5, 0.6) is 0 Å². The van der Waals surface area contributed by atoms with Crippen LogP contribution >= 0.6 is 0 Å². The monoisotopic (exact) mass is 383 g/mol. The molecule has 4 N–H and O–H groups in total. The summed E-state index contributed by atoms with van der Waals surface area (Å²) in [6.07, 6.45) is 5.65. The number of rotatable bonds is 9. The number of nitrogens with one attached hydrogen (secondary N) is 2. The fraction of sp³-hybridized carbons (Fsp3) is 0.611. The molecule has 7 nitrogen and oxygen atoms in total. The Morgan fingerprint density at radius 1 is 1.31 bits per heavy atom. The van der Waals surface area contributed by atoms with Gasteiger partial charge >= 0.3 is 0 Å². The van der Waals surface area contributed by atoms with E-state index in [2.05, 4.69) is 10.0 Å². The van der Waals surface area contributed by atoms with E-state index in [1.165, 1.54) is 18.6 Å². The van der Waals surface area contributed by atoms with E-state index in [9.17, 15) is 13.2 Å². The number of hydrogen-bond donors (Lipinski definition) is 3. The summed E-state index contributed by atoms with van der Waals surface area (Å²) in [5.41, 5.74) is 5.76. The predicted molar refractivity (Wildman–Crippen MR) is 101 cm³/mol. The molecule has 0 aliphatic heterocycles. The fourth-order valence-electron chi connectivity index (χ4n) is 3.02. The summed E-state index contributed by atoms with van der Waals surface area (Å²) < 4.78 is 32.7. The molecule has 0 bridgehead atoms. The normalized spacial score (nSPS) is 17.0. The van der Waals surface area contributed by atoms with E-state index in [0.717, 1.165) is 25.7 Å². The van der Waals surface area contributed by atoms with Gasteiger partial charge in [-0.25, -0.2) is 13.1 Å². The van der Waals surface area contributed by atoms with Gasteiger partial charge in [0.05, 0.1) is 11.0 Å². The van der Waals surface area contributed by atoms with Crippen LogP contribution in [-0.4, -0.2) is 39.6 Å². The molecule has 1 saturated carbocycles. The van der Waals surface area contributed by atoms with E-state index >= 15 is 0 Å². The summed E-state index contributed by atoms with van der Waals surface area (Å²) >= 11 is 0. The predicted octanol–water partition coefficient (Wildman–Crippen LogP) is 1.99. The molecule has 0 aromatic heterocycles. The van der Waals surface area contributed by atoms with Gasteiger partial charge in [0.2, 0.25) is 10.0 Å². The van der Waals surface area contributed by atoms with E-state index in [4.69, 9.17) is 10.5 Å². The minimum absolute atomic E-state index is 0.0880. The topological polar surface area (TPSA) is 111 Å². The van der Waals surface area contributed by atoms with Gasteiger partial charge in [0.15, 0.2) is 0 Å². The Balaban J connectivity index is 2.02. The highest BCUT2D eigenvalue weighted by Gasteiger charge is 2.24. The van der Waals surface area contributed by atoms with Gasteiger partial charge in [0, 0.05) is 18.8 Å². The van der Waals surface area contributed by atoms with Gasteiger partial charge in [-0.3, -0.25) is 4.79 Å². The number of sulfonamides is 1. The summed E-state index contributed by atoms with van der Waals surface area (Å²) in [7, 11) is -3.64. The highest BCUT2D eigenvalue weighted by Crippen LogP contribution is 2.23. The van der Waals surface area contributed by atoms with Gasteiger partial charge in [-0.15, -0.1) is 0 Å². The zero-order valence-electron chi connectivity index (χ0n) is 15.2. The second-order valence-electron chi connectivity index (χ2n) is 6.50. The molecule has 1 atom stereocenters. The minimum Gasteiger partial charge on any atom is -0.365 e. The largest absolute Gasteiger partial charge is 0.365 e. The van der Waals surface area contributed by atoms with Crippen LogP contribution in [0.2, 0.25) is 0 Å². The van der Waals surface area contributed by atoms with Gasteiger partial charge in [0.1, 0.15) is 6.10 Å². The zero-order chi connectivity index (χ0) is 19.0. The Kier molecular flexibility index (Phi) is 8.02. The van der Waals surface area contributed by atoms with Crippen LogP contribution in [0.4, 0.5) is 5.69 Å². The number of carbonyl (C=O) groups is 1. The Hall–Kier alpha value is -1.48. The highest BCUT2D eigenvalue weighted by molar-refractivity contribution is 7.89. The molecule has 1 fully saturated rings. The maximum Gasteiger partial charge on any atom is 0.253 e. The Morgan fingerprint density at radius 2 is 2.04 bits per heavy atom. The summed E-state index contributed by atoms with van der Waals surface area (Å²) in [5, 5.41) is 2.77. The third-order valence-electron chi connectivity index (χ3n) is 4.42. The van der Waals surface area contributed by atoms with Crippen molar-refractivity contribution in [3.8, 4) is 0 Å². The van der Waals surface area contributed by atoms with Crippen molar-refractivity contribution in [2.45, 2.75) is 62.6 Å². The van der Waals surface area contributed by atoms with Gasteiger partial charge in [-0.05, 0) is 37.5 Å². The Bertz CT molecular complexity index is 687. The summed E-state index contributed by atoms with van der Waals surface area (Å²) in [4.78, 5) is 12.6. The lowest BCUT2D eigenvalue weighted by atomic mass is 9.97. The molecule has 8 heteroatoms. The average molecular weight is 384 g/mol. The van der Waals surface area contributed by atoms with Crippen molar-refractivity contribution in [2.24, 2.45) is 5.73 Å². The van der Waals surface area contributed by atoms with Crippen LogP contribution in [-0.2, 0) is 19.6 Å². The minimum atomic E-state index is -3.64. The fourth-order valence-corrected chi connectivity index (χ4v) is 4.11. The van der Waals surface area contributed by atoms with Crippen molar-refractivity contribution in [3.05, 3.63) is 24.3 Å². The Morgan fingerprint density at radius 3 is 2.69 bits per heavy atom. The lowest BCUT2D eigenvalue weighted by Crippen LogP contribution is -2.34. The summed E-state index contributed by atoms with van der Waals surface area (Å²) in [6.45, 7) is 2.28. The molecule has 1 aromatic carbocycles. The molecule has 1 amide bonds. The van der Waals surface area contributed by atoms with Gasteiger partial charge in [-0.2, -0.15) is 0 Å². The van der Waals surface area contributed by atoms with Crippen molar-refractivity contribution in [3.63, 3.8) is 0 Å². The van der Waals surface area contributed by atoms with Gasteiger partial charge < -0.3 is 15.8 Å². The lowest BCUT2D eigenvalue weighted by molar-refractivity contribution is -0.132. The number of nitrogens with two attached hydrogens (primary N) is 1. The third kappa shape index (κ3) is 6.05. The van der Waals surface area contributed by atoms with Crippen LogP contribution in [0.25, 0.3) is 0 Å². The SMILES string of the molecule is CCC(OC1CCCCC1)C(=O)Nc1cccc(S(=O)(=O)NCCN)c1. The molecule has 0 spiro atoms. The molecule has 0 heterocycles. The number of benzene rings is 1. The first-order chi connectivity index (χ1) is 12.5. The number of carbonyl (C=O) groups excluding carboxylic acids is 1. The van der Waals surface area contributed by atoms with Crippen molar-refractivity contribution in [2.75, 3.05) is 18.4 Å². The molecule has 0 radical (unpaired) electrons. The molecule has 2 rings (SSSR count). The average Bonchev–Trinajstić information content (AvgIpc) is 2.65. The zero-order valence-corrected chi connectivity index (χ0v) is 16.1. The number of anilines is 1. The molecule has 26 heavy (non-hydrogen) atoms. The van der Waals surface area contributed by atoms with Crippen molar-refractivity contribution in [1.29, 1.82) is 0 Å². The van der Waals surface area contributed by atoms with Crippen molar-refractivity contribution >= 4 is 21.6 Å². The molecule has 0 saturated heterocycles. The molecule has 146 valence electrons. The molecule has 1 aromatic rings. The first kappa shape index (κ1) is 20.8. The molecular formula is C18H29N3O4S. The quantitative estimate of drug-likeness (QED) is 0.604. The number of hydrogen-bond acceptors (Lipinski definition) is 5. The molecule has 1 unspecified atom stereocenters. The molecule has 1 aliphatic rings. The van der Waals surface area contributed by atoms with Crippen LogP contribution in [0.3, 0.4) is 0 Å². The third-order valence-corrected chi connectivity index (χ3v) is 5.88. The van der Waals surface area contributed by atoms with Crippen LogP contribution in [0.15, 0.2) is 29.2 Å². The second kappa shape index (κ2) is 10.0. The van der Waals surface area contributed by atoms with Crippen LogP contribution < -0.4 is 15.8 Å². The second-order valence-corrected chi connectivity index (χ2v) is 8.26. The van der Waals surface area contributed by atoms with E-state index in [1.807, 2.05) is 6.92 Å². The maximum absolute atomic E-state index is 12.5. The number of amides is 1. The van der Waals surface area contributed by atoms with Gasteiger partial charge in [0.25, 0.3) is 5.91 Å². The highest BCUT2D eigenvalue weighted by atomic mass is 32.2. The summed E-state index contributed by atoms with van der Waals surface area (Å²) in [5.74, 6) is -0.248. The van der Waals surface area contributed by atoms with Gasteiger partial charge in [-0.1, -0.05) is 32.3 Å². The first-order valence-corrected chi connectivity index (χ1v) is 10.7. The van der Waals surface area contributed by atoms with E-state index < -0.39 is 16.1 Å². The van der Waals surface area contributed by atoms with E-state index in [0.29, 0.717) is 12.1 Å².